The molecule has 0 saturated carbocycles. The summed E-state index contributed by atoms with van der Waals surface area (Å²) in [6.45, 7) is 8.13. The fourth-order valence-electron chi connectivity index (χ4n) is 6.00. The van der Waals surface area contributed by atoms with Crippen LogP contribution in [0.1, 0.15) is 53.1 Å². The predicted molar refractivity (Wildman–Crippen MR) is 157 cm³/mol. The summed E-state index contributed by atoms with van der Waals surface area (Å²) in [4.78, 5) is 31.3. The van der Waals surface area contributed by atoms with E-state index in [9.17, 15) is 9.59 Å². The summed E-state index contributed by atoms with van der Waals surface area (Å²) in [7, 11) is 1.53. The van der Waals surface area contributed by atoms with Gasteiger partial charge in [-0.3, -0.25) is 9.59 Å². The first-order valence-corrected chi connectivity index (χ1v) is 13.8. The van der Waals surface area contributed by atoms with Gasteiger partial charge in [0.15, 0.2) is 0 Å². The van der Waals surface area contributed by atoms with Gasteiger partial charge in [0.2, 0.25) is 0 Å². The van der Waals surface area contributed by atoms with Crippen molar-refractivity contribution < 1.29 is 9.53 Å². The number of benzene rings is 2. The molecule has 0 spiro atoms. The van der Waals surface area contributed by atoms with Crippen molar-refractivity contribution in [3.05, 3.63) is 92.5 Å². The van der Waals surface area contributed by atoms with Gasteiger partial charge in [0.25, 0.3) is 11.5 Å². The number of ether oxygens (including phenoxy) is 1. The van der Waals surface area contributed by atoms with E-state index in [2.05, 4.69) is 44.9 Å². The van der Waals surface area contributed by atoms with Crippen LogP contribution in [0.4, 0.5) is 5.69 Å². The summed E-state index contributed by atoms with van der Waals surface area (Å²) < 4.78 is 7.72. The van der Waals surface area contributed by atoms with Gasteiger partial charge in [0.05, 0.1) is 24.8 Å². The Morgan fingerprint density at radius 1 is 1.13 bits per heavy atom. The zero-order valence-electron chi connectivity index (χ0n) is 22.9. The number of amides is 1. The normalized spacial score (nSPS) is 14.9. The Balaban J connectivity index is 1.37. The van der Waals surface area contributed by atoms with Crippen molar-refractivity contribution >= 4 is 34.1 Å². The molecule has 1 saturated heterocycles. The molecule has 204 valence electrons. The molecule has 0 bridgehead atoms. The molecule has 2 N–H and O–H groups in total. The lowest BCUT2D eigenvalue weighted by atomic mass is 9.89. The Kier molecular flexibility index (Phi) is 7.71. The molecule has 4 aromatic rings. The van der Waals surface area contributed by atoms with E-state index in [0.29, 0.717) is 28.5 Å². The van der Waals surface area contributed by atoms with Gasteiger partial charge in [0, 0.05) is 52.1 Å². The maximum atomic E-state index is 13.6. The molecule has 0 aliphatic carbocycles. The SMILES string of the molecule is COc1cc(C)[nH]c(=O)c1CNC(=O)c1c(C)n(C(C)C2CCN(c3ccc(Cl)cc3)CC2)c2ccccc12. The molecule has 7 nitrogen and oxygen atoms in total. The van der Waals surface area contributed by atoms with Crippen LogP contribution in [-0.4, -0.2) is 35.7 Å². The summed E-state index contributed by atoms with van der Waals surface area (Å²) in [5.74, 6) is 0.748. The summed E-state index contributed by atoms with van der Waals surface area (Å²) in [5.41, 5.74) is 4.70. The number of nitrogens with zero attached hydrogens (tertiary/aromatic N) is 2. The molecule has 3 heterocycles. The van der Waals surface area contributed by atoms with Crippen LogP contribution in [-0.2, 0) is 6.54 Å². The molecule has 2 aromatic carbocycles. The number of carbonyl (C=O) groups is 1. The summed E-state index contributed by atoms with van der Waals surface area (Å²) >= 11 is 6.08. The molecule has 5 rings (SSSR count). The number of anilines is 1. The molecular formula is C31H35ClN4O3. The largest absolute Gasteiger partial charge is 0.496 e. The number of nitrogens with one attached hydrogen (secondary N) is 2. The van der Waals surface area contributed by atoms with Gasteiger partial charge >= 0.3 is 0 Å². The molecule has 1 unspecified atom stereocenters. The minimum absolute atomic E-state index is 0.0786. The number of H-pyrrole nitrogens is 1. The molecule has 1 aliphatic heterocycles. The zero-order valence-corrected chi connectivity index (χ0v) is 23.6. The first kappa shape index (κ1) is 26.9. The third kappa shape index (κ3) is 5.28. The number of methoxy groups -OCH3 is 1. The first-order chi connectivity index (χ1) is 18.8. The van der Waals surface area contributed by atoms with Crippen molar-refractivity contribution in [2.24, 2.45) is 5.92 Å². The third-order valence-corrected chi connectivity index (χ3v) is 8.33. The quantitative estimate of drug-likeness (QED) is 0.297. The van der Waals surface area contributed by atoms with Crippen LogP contribution >= 0.6 is 11.6 Å². The average Bonchev–Trinajstić information content (AvgIpc) is 3.23. The molecule has 1 amide bonds. The Morgan fingerprint density at radius 3 is 2.51 bits per heavy atom. The first-order valence-electron chi connectivity index (χ1n) is 13.4. The maximum Gasteiger partial charge on any atom is 0.256 e. The molecule has 0 radical (unpaired) electrons. The lowest BCUT2D eigenvalue weighted by molar-refractivity contribution is 0.0951. The van der Waals surface area contributed by atoms with Crippen LogP contribution < -0.4 is 20.5 Å². The maximum absolute atomic E-state index is 13.6. The molecule has 39 heavy (non-hydrogen) atoms. The zero-order chi connectivity index (χ0) is 27.7. The standard InChI is InChI=1S/C31H35ClN4O3/c1-19-17-28(39-4)26(30(37)34-19)18-33-31(38)29-21(3)36(27-8-6-5-7-25(27)29)20(2)22-13-15-35(16-14-22)24-11-9-23(32)10-12-24/h5-12,17,20,22H,13-16,18H2,1-4H3,(H,33,38)(H,34,37). The predicted octanol–water partition coefficient (Wildman–Crippen LogP) is 6.02. The molecule has 2 aromatic heterocycles. The number of piperidine rings is 1. The van der Waals surface area contributed by atoms with Crippen LogP contribution in [0.25, 0.3) is 10.9 Å². The minimum atomic E-state index is -0.259. The second-order valence-corrected chi connectivity index (χ2v) is 10.8. The Labute approximate surface area is 233 Å². The smallest absolute Gasteiger partial charge is 0.256 e. The fourth-order valence-corrected chi connectivity index (χ4v) is 6.12. The lowest BCUT2D eigenvalue weighted by Crippen LogP contribution is -2.36. The summed E-state index contributed by atoms with van der Waals surface area (Å²) in [5, 5.41) is 4.65. The molecule has 1 atom stereocenters. The highest BCUT2D eigenvalue weighted by Gasteiger charge is 2.29. The van der Waals surface area contributed by atoms with Crippen molar-refractivity contribution in [1.82, 2.24) is 14.9 Å². The van der Waals surface area contributed by atoms with Gasteiger partial charge in [-0.05, 0) is 75.9 Å². The van der Waals surface area contributed by atoms with Crippen LogP contribution in [0.3, 0.4) is 0 Å². The van der Waals surface area contributed by atoms with Crippen LogP contribution in [0, 0.1) is 19.8 Å². The average molecular weight is 547 g/mol. The number of rotatable bonds is 7. The van der Waals surface area contributed by atoms with E-state index in [1.807, 2.05) is 37.3 Å². The van der Waals surface area contributed by atoms with E-state index in [1.54, 1.807) is 13.0 Å². The van der Waals surface area contributed by atoms with E-state index in [-0.39, 0.29) is 24.1 Å². The molecule has 1 aliphatic rings. The van der Waals surface area contributed by atoms with E-state index in [4.69, 9.17) is 16.3 Å². The van der Waals surface area contributed by atoms with E-state index >= 15 is 0 Å². The number of carbonyl (C=O) groups excluding carboxylic acids is 1. The van der Waals surface area contributed by atoms with Crippen molar-refractivity contribution in [2.45, 2.75) is 46.2 Å². The van der Waals surface area contributed by atoms with E-state index < -0.39 is 0 Å². The van der Waals surface area contributed by atoms with Gasteiger partial charge in [-0.2, -0.15) is 0 Å². The highest BCUT2D eigenvalue weighted by molar-refractivity contribution is 6.30. The number of aromatic amines is 1. The molecule has 8 heteroatoms. The van der Waals surface area contributed by atoms with Crippen molar-refractivity contribution in [2.75, 3.05) is 25.1 Å². The highest BCUT2D eigenvalue weighted by Crippen LogP contribution is 2.36. The third-order valence-electron chi connectivity index (χ3n) is 8.08. The summed E-state index contributed by atoms with van der Waals surface area (Å²) in [6, 6.07) is 18.1. The number of aromatic nitrogens is 2. The number of fused-ring (bicyclic) bond motifs is 1. The van der Waals surface area contributed by atoms with Gasteiger partial charge in [-0.25, -0.2) is 0 Å². The second-order valence-electron chi connectivity index (χ2n) is 10.4. The Hall–Kier alpha value is -3.71. The van der Waals surface area contributed by atoms with Crippen LogP contribution in [0.2, 0.25) is 5.02 Å². The molecular weight excluding hydrogens is 512 g/mol. The number of hydrogen-bond donors (Lipinski definition) is 2. The monoisotopic (exact) mass is 546 g/mol. The molecule has 1 fully saturated rings. The van der Waals surface area contributed by atoms with Gasteiger partial charge < -0.3 is 24.5 Å². The second kappa shape index (κ2) is 11.2. The summed E-state index contributed by atoms with van der Waals surface area (Å²) in [6.07, 6.45) is 2.13. The van der Waals surface area contributed by atoms with Crippen LogP contribution in [0.15, 0.2) is 59.4 Å². The van der Waals surface area contributed by atoms with Gasteiger partial charge in [0.1, 0.15) is 5.75 Å². The van der Waals surface area contributed by atoms with E-state index in [1.165, 1.54) is 12.8 Å². The van der Waals surface area contributed by atoms with Crippen LogP contribution in [0.5, 0.6) is 5.75 Å². The topological polar surface area (TPSA) is 79.4 Å². The van der Waals surface area contributed by atoms with Crippen molar-refractivity contribution in [3.8, 4) is 5.75 Å². The number of halogens is 1. The fraction of sp³-hybridized carbons (Fsp3) is 0.355. The number of pyridine rings is 1. The number of hydrogen-bond acceptors (Lipinski definition) is 4. The Morgan fingerprint density at radius 2 is 1.82 bits per heavy atom. The lowest BCUT2D eigenvalue weighted by Gasteiger charge is -2.37. The van der Waals surface area contributed by atoms with Crippen molar-refractivity contribution in [1.29, 1.82) is 0 Å². The Bertz CT molecular complexity index is 1550. The number of aryl methyl sites for hydroxylation is 1. The number of para-hydroxylation sites is 1. The van der Waals surface area contributed by atoms with Crippen molar-refractivity contribution in [3.63, 3.8) is 0 Å². The van der Waals surface area contributed by atoms with Gasteiger partial charge in [-0.15, -0.1) is 0 Å². The highest BCUT2D eigenvalue weighted by atomic mass is 35.5. The minimum Gasteiger partial charge on any atom is -0.496 e. The van der Waals surface area contributed by atoms with E-state index in [0.717, 1.165) is 47.6 Å². The van der Waals surface area contributed by atoms with Gasteiger partial charge in [-0.1, -0.05) is 29.8 Å².